The molecule has 0 atom stereocenters. The predicted octanol–water partition coefficient (Wildman–Crippen LogP) is 0.485. The average molecular weight is 148 g/mol. The van der Waals surface area contributed by atoms with Gasteiger partial charge in [-0.2, -0.15) is 5.10 Å². The number of aromatic nitrogens is 2. The summed E-state index contributed by atoms with van der Waals surface area (Å²) in [6, 6.07) is 0. The number of H-pyrrole nitrogens is 1. The molecule has 0 saturated heterocycles. The monoisotopic (exact) mass is 148 g/mol. The van der Waals surface area contributed by atoms with Gasteiger partial charge in [-0.1, -0.05) is 24.8 Å². The molecule has 58 valence electrons. The van der Waals surface area contributed by atoms with Crippen molar-refractivity contribution >= 4 is 12.7 Å². The molecule has 11 heavy (non-hydrogen) atoms. The number of nitrogens with zero attached hydrogens (tertiary/aromatic N) is 1. The Morgan fingerprint density at radius 1 is 1.55 bits per heavy atom. The van der Waals surface area contributed by atoms with Crippen LogP contribution in [0.5, 0.6) is 0 Å². The van der Waals surface area contributed by atoms with Gasteiger partial charge in [0.1, 0.15) is 0 Å². The Labute approximate surface area is 65.9 Å². The first kappa shape index (κ1) is 7.79. The van der Waals surface area contributed by atoms with Crippen LogP contribution >= 0.6 is 0 Å². The molecule has 0 saturated carbocycles. The number of aryl methyl sites for hydroxylation is 1. The van der Waals surface area contributed by atoms with Crippen molar-refractivity contribution in [2.75, 3.05) is 0 Å². The van der Waals surface area contributed by atoms with Crippen LogP contribution in [0.25, 0.3) is 12.7 Å². The van der Waals surface area contributed by atoms with E-state index in [2.05, 4.69) is 16.8 Å². The molecule has 1 aromatic heterocycles. The van der Waals surface area contributed by atoms with Gasteiger partial charge in [0.25, 0.3) is 0 Å². The van der Waals surface area contributed by atoms with Crippen LogP contribution in [0, 0.1) is 6.92 Å². The molecule has 1 N–H and O–H groups in total. The number of hydrogen-bond acceptors (Lipinski definition) is 1. The largest absolute Gasteiger partial charge is 0.278 e. The molecule has 2 heteroatoms. The maximum atomic E-state index is 4.02. The summed E-state index contributed by atoms with van der Waals surface area (Å²) in [6.07, 6.45) is 5.96. The topological polar surface area (TPSA) is 28.7 Å². The van der Waals surface area contributed by atoms with E-state index in [9.17, 15) is 0 Å². The van der Waals surface area contributed by atoms with Gasteiger partial charge in [-0.05, 0) is 13.8 Å². The smallest absolute Gasteiger partial charge is 0.0669 e. The second kappa shape index (κ2) is 3.19. The Bertz CT molecular complexity index is 357. The van der Waals surface area contributed by atoms with Crippen LogP contribution in [-0.2, 0) is 0 Å². The van der Waals surface area contributed by atoms with E-state index in [1.165, 1.54) is 0 Å². The van der Waals surface area contributed by atoms with Crippen LogP contribution in [0.2, 0.25) is 0 Å². The number of rotatable bonds is 1. The van der Waals surface area contributed by atoms with Crippen molar-refractivity contribution in [2.24, 2.45) is 0 Å². The Balaban J connectivity index is 3.31. The van der Waals surface area contributed by atoms with Gasteiger partial charge in [-0.15, -0.1) is 0 Å². The van der Waals surface area contributed by atoms with Crippen LogP contribution < -0.4 is 10.6 Å². The Kier molecular flexibility index (Phi) is 2.26. The molecule has 0 amide bonds. The fourth-order valence-corrected chi connectivity index (χ4v) is 0.904. The fraction of sp³-hybridized carbons (Fsp3) is 0.222. The summed E-state index contributed by atoms with van der Waals surface area (Å²) < 4.78 is 0. The summed E-state index contributed by atoms with van der Waals surface area (Å²) in [5.41, 5.74) is 0.994. The first-order chi connectivity index (χ1) is 5.25. The predicted molar refractivity (Wildman–Crippen MR) is 47.4 cm³/mol. The highest BCUT2D eigenvalue weighted by Crippen LogP contribution is 1.75. The van der Waals surface area contributed by atoms with Gasteiger partial charge >= 0.3 is 0 Å². The van der Waals surface area contributed by atoms with E-state index < -0.39 is 0 Å². The molecule has 0 aliphatic carbocycles. The molecule has 0 bridgehead atoms. The highest BCUT2D eigenvalue weighted by atomic mass is 15.1. The zero-order valence-electron chi connectivity index (χ0n) is 6.89. The van der Waals surface area contributed by atoms with Gasteiger partial charge in [-0.25, -0.2) is 0 Å². The Hall–Kier alpha value is -1.31. The Morgan fingerprint density at radius 2 is 2.27 bits per heavy atom. The average Bonchev–Trinajstić information content (AvgIpc) is 2.29. The van der Waals surface area contributed by atoms with E-state index in [0.29, 0.717) is 0 Å². The van der Waals surface area contributed by atoms with Crippen molar-refractivity contribution in [3.8, 4) is 0 Å². The zero-order chi connectivity index (χ0) is 8.27. The van der Waals surface area contributed by atoms with Crippen LogP contribution in [0.3, 0.4) is 0 Å². The molecule has 0 fully saturated rings. The lowest BCUT2D eigenvalue weighted by Gasteiger charge is -1.76. The third-order valence-electron chi connectivity index (χ3n) is 1.53. The molecule has 0 radical (unpaired) electrons. The van der Waals surface area contributed by atoms with E-state index in [1.54, 1.807) is 0 Å². The summed E-state index contributed by atoms with van der Waals surface area (Å²) in [7, 11) is 0. The van der Waals surface area contributed by atoms with Crippen molar-refractivity contribution in [3.05, 3.63) is 28.4 Å². The summed E-state index contributed by atoms with van der Waals surface area (Å²) >= 11 is 0. The molecule has 1 heterocycles. The quantitative estimate of drug-likeness (QED) is 0.616. The fourth-order valence-electron chi connectivity index (χ4n) is 0.904. The highest BCUT2D eigenvalue weighted by Gasteiger charge is 1.89. The molecular weight excluding hydrogens is 136 g/mol. The molecule has 0 spiro atoms. The third-order valence-corrected chi connectivity index (χ3v) is 1.53. The van der Waals surface area contributed by atoms with E-state index >= 15 is 0 Å². The Morgan fingerprint density at radius 3 is 2.73 bits per heavy atom. The van der Waals surface area contributed by atoms with Crippen molar-refractivity contribution in [3.63, 3.8) is 0 Å². The molecule has 1 rings (SSSR count). The van der Waals surface area contributed by atoms with E-state index in [0.717, 1.165) is 16.3 Å². The molecule has 0 aliphatic heterocycles. The zero-order valence-corrected chi connectivity index (χ0v) is 6.89. The molecule has 0 unspecified atom stereocenters. The lowest BCUT2D eigenvalue weighted by Crippen LogP contribution is -2.21. The first-order valence-electron chi connectivity index (χ1n) is 3.58. The third kappa shape index (κ3) is 1.58. The van der Waals surface area contributed by atoms with E-state index in [-0.39, 0.29) is 0 Å². The molecule has 2 nitrogen and oxygen atoms in total. The summed E-state index contributed by atoms with van der Waals surface area (Å²) in [5.74, 6) is 0. The number of aromatic amines is 1. The number of nitrogens with one attached hydrogen (secondary N) is 1. The lowest BCUT2D eigenvalue weighted by molar-refractivity contribution is 1.03. The summed E-state index contributed by atoms with van der Waals surface area (Å²) in [5, 5.41) is 8.80. The molecule has 0 aromatic carbocycles. The minimum absolute atomic E-state index is 0.876. The van der Waals surface area contributed by atoms with E-state index in [1.807, 2.05) is 32.1 Å². The second-order valence-corrected chi connectivity index (χ2v) is 2.39. The van der Waals surface area contributed by atoms with Gasteiger partial charge in [0.2, 0.25) is 0 Å². The van der Waals surface area contributed by atoms with Crippen molar-refractivity contribution < 1.29 is 0 Å². The van der Waals surface area contributed by atoms with E-state index in [4.69, 9.17) is 0 Å². The van der Waals surface area contributed by atoms with Crippen molar-refractivity contribution in [1.82, 2.24) is 10.2 Å². The normalized spacial score (nSPS) is 13.1. The number of hydrogen-bond donors (Lipinski definition) is 1. The molecule has 0 aliphatic rings. The summed E-state index contributed by atoms with van der Waals surface area (Å²) in [6.45, 7) is 7.75. The maximum Gasteiger partial charge on any atom is 0.0669 e. The van der Waals surface area contributed by atoms with Crippen LogP contribution in [0.4, 0.5) is 0 Å². The minimum Gasteiger partial charge on any atom is -0.278 e. The SMILES string of the molecule is C=c1[nH]nc(C)/c1=C/C=C\C. The van der Waals surface area contributed by atoms with Crippen LogP contribution in [-0.4, -0.2) is 10.2 Å². The molecule has 1 aromatic rings. The number of allylic oxidation sites excluding steroid dienone is 2. The maximum absolute atomic E-state index is 4.02. The van der Waals surface area contributed by atoms with Gasteiger partial charge in [0.05, 0.1) is 11.0 Å². The van der Waals surface area contributed by atoms with Gasteiger partial charge in [-0.3, -0.25) is 5.10 Å². The van der Waals surface area contributed by atoms with Crippen LogP contribution in [0.1, 0.15) is 12.6 Å². The second-order valence-electron chi connectivity index (χ2n) is 2.39. The standard InChI is InChI=1S/C9H12N2/c1-4-5-6-9-7(2)10-11-8(9)3/h4-6,10H,2H2,1,3H3/b5-4-,9-6+. The van der Waals surface area contributed by atoms with Gasteiger partial charge in [0.15, 0.2) is 0 Å². The van der Waals surface area contributed by atoms with Gasteiger partial charge < -0.3 is 0 Å². The highest BCUT2D eigenvalue weighted by molar-refractivity contribution is 5.37. The van der Waals surface area contributed by atoms with Crippen LogP contribution in [0.15, 0.2) is 12.2 Å². The molecular formula is C9H12N2. The van der Waals surface area contributed by atoms with Crippen molar-refractivity contribution in [1.29, 1.82) is 0 Å². The summed E-state index contributed by atoms with van der Waals surface area (Å²) in [4.78, 5) is 0. The first-order valence-corrected chi connectivity index (χ1v) is 3.58. The van der Waals surface area contributed by atoms with Gasteiger partial charge in [0, 0.05) is 5.22 Å². The lowest BCUT2D eigenvalue weighted by atomic mass is 10.3. The van der Waals surface area contributed by atoms with Crippen molar-refractivity contribution in [2.45, 2.75) is 13.8 Å². The minimum atomic E-state index is 0.876.